The van der Waals surface area contributed by atoms with Crippen LogP contribution in [0.3, 0.4) is 0 Å². The van der Waals surface area contributed by atoms with Crippen molar-refractivity contribution in [2.45, 2.75) is 31.8 Å². The Bertz CT molecular complexity index is 1300. The second kappa shape index (κ2) is 11.0. The SMILES string of the molecule is CN(Cc1csc(C(=O)c2cncnc2N[C@H]2CC[C@@H](COS(N)(=O)=O)C2)c1)c1cccc(Cl)c1. The Morgan fingerprint density at radius 1 is 1.34 bits per heavy atom. The summed E-state index contributed by atoms with van der Waals surface area (Å²) in [6.07, 6.45) is 5.19. The molecule has 0 aliphatic heterocycles. The Labute approximate surface area is 213 Å². The number of thiophene rings is 1. The molecular weight excluding hydrogens is 510 g/mol. The third kappa shape index (κ3) is 6.98. The van der Waals surface area contributed by atoms with E-state index in [1.807, 2.05) is 42.8 Å². The number of carbonyl (C=O) groups excluding carboxylic acids is 1. The Morgan fingerprint density at radius 2 is 2.17 bits per heavy atom. The average Bonchev–Trinajstić information content (AvgIpc) is 3.47. The summed E-state index contributed by atoms with van der Waals surface area (Å²) in [5.41, 5.74) is 2.40. The van der Waals surface area contributed by atoms with Gasteiger partial charge in [-0.1, -0.05) is 17.7 Å². The summed E-state index contributed by atoms with van der Waals surface area (Å²) in [4.78, 5) is 24.3. The highest BCUT2D eigenvalue weighted by atomic mass is 35.5. The molecule has 1 saturated carbocycles. The molecule has 1 aromatic carbocycles. The zero-order valence-corrected chi connectivity index (χ0v) is 21.4. The molecule has 1 fully saturated rings. The van der Waals surface area contributed by atoms with E-state index in [0.717, 1.165) is 24.1 Å². The number of halogens is 1. The number of benzene rings is 1. The number of hydrogen-bond acceptors (Lipinski definition) is 9. The lowest BCUT2D eigenvalue weighted by Crippen LogP contribution is -2.22. The fraction of sp³-hybridized carbons (Fsp3) is 0.348. The lowest BCUT2D eigenvalue weighted by Gasteiger charge is -2.18. The molecule has 0 radical (unpaired) electrons. The van der Waals surface area contributed by atoms with Gasteiger partial charge in [-0.05, 0) is 60.4 Å². The molecule has 1 aliphatic carbocycles. The standard InChI is InChI=1S/C23H26ClN5O4S2/c1-29(19-4-2-3-17(24)9-19)11-16-8-21(34-13-16)22(30)20-10-26-14-27-23(20)28-18-6-5-15(7-18)12-33-35(25,31)32/h2-4,8-10,13-15,18H,5-7,11-12H2,1H3,(H2,25,31,32)(H,26,27,28)/t15-,18+/m1/s1. The fourth-order valence-electron chi connectivity index (χ4n) is 4.14. The van der Waals surface area contributed by atoms with Crippen LogP contribution in [0.5, 0.6) is 0 Å². The van der Waals surface area contributed by atoms with Crippen molar-refractivity contribution in [1.29, 1.82) is 0 Å². The number of nitrogens with zero attached hydrogens (tertiary/aromatic N) is 3. The van der Waals surface area contributed by atoms with Crippen LogP contribution in [-0.4, -0.2) is 43.9 Å². The molecule has 0 unspecified atom stereocenters. The van der Waals surface area contributed by atoms with E-state index < -0.39 is 10.3 Å². The van der Waals surface area contributed by atoms with Crippen molar-refractivity contribution < 1.29 is 17.4 Å². The smallest absolute Gasteiger partial charge is 0.333 e. The zero-order chi connectivity index (χ0) is 25.0. The normalized spacial score (nSPS) is 17.9. The molecule has 0 saturated heterocycles. The van der Waals surface area contributed by atoms with E-state index >= 15 is 0 Å². The number of carbonyl (C=O) groups is 1. The summed E-state index contributed by atoms with van der Waals surface area (Å²) in [7, 11) is -1.98. The summed E-state index contributed by atoms with van der Waals surface area (Å²) >= 11 is 7.48. The van der Waals surface area contributed by atoms with Gasteiger partial charge in [0.15, 0.2) is 0 Å². The quantitative estimate of drug-likeness (QED) is 0.375. The van der Waals surface area contributed by atoms with Gasteiger partial charge >= 0.3 is 10.3 Å². The van der Waals surface area contributed by atoms with Crippen LogP contribution in [0.25, 0.3) is 0 Å². The minimum absolute atomic E-state index is 0.0378. The Morgan fingerprint density at radius 3 is 2.94 bits per heavy atom. The van der Waals surface area contributed by atoms with Crippen molar-refractivity contribution in [3.63, 3.8) is 0 Å². The Kier molecular flexibility index (Phi) is 8.02. The molecule has 2 atom stereocenters. The van der Waals surface area contributed by atoms with Crippen molar-refractivity contribution in [2.75, 3.05) is 23.9 Å². The maximum atomic E-state index is 13.3. The molecule has 3 aromatic rings. The van der Waals surface area contributed by atoms with E-state index in [1.165, 1.54) is 23.9 Å². The van der Waals surface area contributed by atoms with E-state index in [2.05, 4.69) is 20.2 Å². The Hall–Kier alpha value is -2.57. The maximum absolute atomic E-state index is 13.3. The highest BCUT2D eigenvalue weighted by Gasteiger charge is 2.28. The number of nitrogens with two attached hydrogens (primary N) is 1. The van der Waals surface area contributed by atoms with Crippen LogP contribution in [0.1, 0.15) is 40.1 Å². The average molecular weight is 536 g/mol. The van der Waals surface area contributed by atoms with Gasteiger partial charge in [-0.15, -0.1) is 11.3 Å². The Balaban J connectivity index is 1.41. The van der Waals surface area contributed by atoms with E-state index in [1.54, 1.807) is 0 Å². The summed E-state index contributed by atoms with van der Waals surface area (Å²) in [5, 5.41) is 10.9. The minimum Gasteiger partial charge on any atom is -0.370 e. The van der Waals surface area contributed by atoms with Crippen LogP contribution < -0.4 is 15.4 Å². The lowest BCUT2D eigenvalue weighted by atomic mass is 10.1. The van der Waals surface area contributed by atoms with Crippen LogP contribution in [-0.2, 0) is 21.0 Å². The van der Waals surface area contributed by atoms with Gasteiger partial charge in [0.05, 0.1) is 17.0 Å². The highest BCUT2D eigenvalue weighted by molar-refractivity contribution is 7.84. The summed E-state index contributed by atoms with van der Waals surface area (Å²) < 4.78 is 26.8. The van der Waals surface area contributed by atoms with Crippen LogP contribution in [0.2, 0.25) is 5.02 Å². The van der Waals surface area contributed by atoms with Crippen molar-refractivity contribution in [1.82, 2.24) is 9.97 Å². The molecule has 0 spiro atoms. The van der Waals surface area contributed by atoms with Crippen molar-refractivity contribution in [2.24, 2.45) is 11.1 Å². The number of aromatic nitrogens is 2. The number of rotatable bonds is 10. The third-order valence-corrected chi connectivity index (χ3v) is 7.53. The van der Waals surface area contributed by atoms with Crippen molar-refractivity contribution >= 4 is 50.5 Å². The topological polar surface area (TPSA) is 128 Å². The molecule has 3 N–H and O–H groups in total. The molecule has 186 valence electrons. The van der Waals surface area contributed by atoms with Gasteiger partial charge in [-0.3, -0.25) is 8.98 Å². The first-order valence-corrected chi connectivity index (χ1v) is 13.7. The van der Waals surface area contributed by atoms with Gasteiger partial charge in [0.25, 0.3) is 0 Å². The van der Waals surface area contributed by atoms with Crippen molar-refractivity contribution in [3.8, 4) is 0 Å². The van der Waals surface area contributed by atoms with Gasteiger partial charge in [-0.25, -0.2) is 15.1 Å². The van der Waals surface area contributed by atoms with Crippen LogP contribution in [0.4, 0.5) is 11.5 Å². The third-order valence-electron chi connectivity index (χ3n) is 5.85. The predicted octanol–water partition coefficient (Wildman–Crippen LogP) is 3.86. The van der Waals surface area contributed by atoms with E-state index in [4.69, 9.17) is 20.9 Å². The van der Waals surface area contributed by atoms with E-state index in [9.17, 15) is 13.2 Å². The monoisotopic (exact) mass is 535 g/mol. The number of hydrogen-bond donors (Lipinski definition) is 2. The van der Waals surface area contributed by atoms with Gasteiger partial charge in [-0.2, -0.15) is 8.42 Å². The molecule has 0 bridgehead atoms. The molecule has 12 heteroatoms. The van der Waals surface area contributed by atoms with Crippen molar-refractivity contribution in [3.05, 3.63) is 69.3 Å². The number of anilines is 2. The first-order chi connectivity index (χ1) is 16.7. The van der Waals surface area contributed by atoms with Gasteiger partial charge in [0.1, 0.15) is 12.1 Å². The van der Waals surface area contributed by atoms with Gasteiger partial charge in [0.2, 0.25) is 5.78 Å². The summed E-state index contributed by atoms with van der Waals surface area (Å²) in [5.74, 6) is 0.374. The number of ketones is 1. The van der Waals surface area contributed by atoms with E-state index in [-0.39, 0.29) is 24.3 Å². The largest absolute Gasteiger partial charge is 0.370 e. The van der Waals surface area contributed by atoms with Gasteiger partial charge < -0.3 is 10.2 Å². The second-order valence-electron chi connectivity index (χ2n) is 8.57. The molecule has 2 aromatic heterocycles. The molecule has 4 rings (SSSR count). The first kappa shape index (κ1) is 25.5. The minimum atomic E-state index is -3.95. The highest BCUT2D eigenvalue weighted by Crippen LogP contribution is 2.30. The predicted molar refractivity (Wildman–Crippen MR) is 137 cm³/mol. The lowest BCUT2D eigenvalue weighted by molar-refractivity contribution is 0.104. The van der Waals surface area contributed by atoms with Crippen LogP contribution in [0.15, 0.2) is 48.2 Å². The second-order valence-corrected chi connectivity index (χ2v) is 11.1. The molecule has 35 heavy (non-hydrogen) atoms. The van der Waals surface area contributed by atoms with Gasteiger partial charge in [0, 0.05) is 36.5 Å². The van der Waals surface area contributed by atoms with E-state index in [0.29, 0.717) is 34.2 Å². The molecule has 0 amide bonds. The molecule has 9 nitrogen and oxygen atoms in total. The zero-order valence-electron chi connectivity index (χ0n) is 19.1. The summed E-state index contributed by atoms with van der Waals surface area (Å²) in [6.45, 7) is 0.679. The van der Waals surface area contributed by atoms with Crippen LogP contribution >= 0.6 is 22.9 Å². The van der Waals surface area contributed by atoms with Crippen LogP contribution in [0, 0.1) is 5.92 Å². The molecular formula is C23H26ClN5O4S2. The number of nitrogens with one attached hydrogen (secondary N) is 1. The first-order valence-electron chi connectivity index (χ1n) is 11.0. The summed E-state index contributed by atoms with van der Waals surface area (Å²) in [6, 6.07) is 9.54. The maximum Gasteiger partial charge on any atom is 0.333 e. The molecule has 1 aliphatic rings. The molecule has 2 heterocycles. The fourth-order valence-corrected chi connectivity index (χ4v) is 5.57.